The number of thioether (sulfide) groups is 1. The quantitative estimate of drug-likeness (QED) is 0.237. The molecule has 1 aromatic carbocycles. The van der Waals surface area contributed by atoms with Gasteiger partial charge in [0.25, 0.3) is 5.09 Å². The van der Waals surface area contributed by atoms with Gasteiger partial charge in [0.05, 0.1) is 5.75 Å². The van der Waals surface area contributed by atoms with Gasteiger partial charge in [-0.2, -0.15) is 11.8 Å². The van der Waals surface area contributed by atoms with Crippen LogP contribution in [0.5, 0.6) is 0 Å². The van der Waals surface area contributed by atoms with Crippen LogP contribution in [0.1, 0.15) is 11.1 Å². The Morgan fingerprint density at radius 2 is 1.76 bits per heavy atom. The lowest BCUT2D eigenvalue weighted by molar-refractivity contribution is -0.763. The SMILES string of the molecule is N[C@@H](CSCC(=O)C(=O)OCc1ccc(CO[N+](=O)[O-])cc1)C(=O)O. The van der Waals surface area contributed by atoms with Gasteiger partial charge in [-0.05, 0) is 11.1 Å². The summed E-state index contributed by atoms with van der Waals surface area (Å²) in [6.07, 6.45) is 0. The van der Waals surface area contributed by atoms with Crippen LogP contribution in [0.2, 0.25) is 0 Å². The summed E-state index contributed by atoms with van der Waals surface area (Å²) >= 11 is 0.932. The Morgan fingerprint density at radius 1 is 1.20 bits per heavy atom. The van der Waals surface area contributed by atoms with Crippen LogP contribution in [0.25, 0.3) is 0 Å². The average molecular weight is 372 g/mol. The molecule has 1 aromatic rings. The third-order valence-corrected chi connectivity index (χ3v) is 3.87. The van der Waals surface area contributed by atoms with E-state index in [4.69, 9.17) is 15.6 Å². The first-order valence-corrected chi connectivity index (χ1v) is 8.06. The van der Waals surface area contributed by atoms with Gasteiger partial charge in [0.2, 0.25) is 5.78 Å². The number of hydrogen-bond acceptors (Lipinski definition) is 9. The number of nitrogens with zero attached hydrogens (tertiary/aromatic N) is 1. The second kappa shape index (κ2) is 10.3. The number of rotatable bonds is 11. The van der Waals surface area contributed by atoms with Crippen molar-refractivity contribution in [3.05, 3.63) is 45.5 Å². The van der Waals surface area contributed by atoms with Crippen molar-refractivity contribution in [3.63, 3.8) is 0 Å². The molecule has 136 valence electrons. The van der Waals surface area contributed by atoms with E-state index in [9.17, 15) is 24.5 Å². The van der Waals surface area contributed by atoms with Gasteiger partial charge in [0.1, 0.15) is 19.3 Å². The number of carbonyl (C=O) groups excluding carboxylic acids is 2. The Morgan fingerprint density at radius 3 is 2.28 bits per heavy atom. The number of nitrogens with two attached hydrogens (primary N) is 1. The van der Waals surface area contributed by atoms with Crippen LogP contribution >= 0.6 is 11.8 Å². The lowest BCUT2D eigenvalue weighted by atomic mass is 10.1. The molecular formula is C14H16N2O8S. The van der Waals surface area contributed by atoms with Crippen molar-refractivity contribution in [3.8, 4) is 0 Å². The number of ether oxygens (including phenoxy) is 1. The summed E-state index contributed by atoms with van der Waals surface area (Å²) in [5, 5.41) is 17.8. The number of benzene rings is 1. The molecule has 0 aromatic heterocycles. The van der Waals surface area contributed by atoms with Gasteiger partial charge in [-0.3, -0.25) is 9.59 Å². The molecule has 0 heterocycles. The van der Waals surface area contributed by atoms with Crippen molar-refractivity contribution >= 4 is 29.5 Å². The summed E-state index contributed by atoms with van der Waals surface area (Å²) in [6.45, 7) is -0.332. The van der Waals surface area contributed by atoms with Crippen molar-refractivity contribution in [1.29, 1.82) is 0 Å². The molecule has 0 aliphatic rings. The van der Waals surface area contributed by atoms with Gasteiger partial charge in [-0.1, -0.05) is 24.3 Å². The number of Topliss-reactive ketones (excluding diaryl/α,β-unsaturated/α-hetero) is 1. The molecule has 25 heavy (non-hydrogen) atoms. The molecule has 0 bridgehead atoms. The van der Waals surface area contributed by atoms with Crippen molar-refractivity contribution in [2.45, 2.75) is 19.3 Å². The zero-order valence-corrected chi connectivity index (χ0v) is 13.8. The van der Waals surface area contributed by atoms with E-state index < -0.39 is 28.9 Å². The number of carboxylic acids is 1. The number of hydrogen-bond donors (Lipinski definition) is 2. The Labute approximate surface area is 146 Å². The molecule has 0 spiro atoms. The molecule has 1 rings (SSSR count). The highest BCUT2D eigenvalue weighted by atomic mass is 32.2. The second-order valence-electron chi connectivity index (χ2n) is 4.77. The van der Waals surface area contributed by atoms with E-state index in [1.54, 1.807) is 24.3 Å². The summed E-state index contributed by atoms with van der Waals surface area (Å²) in [5.41, 5.74) is 6.42. The summed E-state index contributed by atoms with van der Waals surface area (Å²) in [5.74, 6) is -3.23. The van der Waals surface area contributed by atoms with E-state index in [1.807, 2.05) is 0 Å². The minimum Gasteiger partial charge on any atom is -0.480 e. The lowest BCUT2D eigenvalue weighted by Crippen LogP contribution is -2.33. The van der Waals surface area contributed by atoms with E-state index in [2.05, 4.69) is 4.84 Å². The first-order chi connectivity index (χ1) is 11.8. The Kier molecular flexibility index (Phi) is 8.36. The Hall–Kier alpha value is -2.66. The standard InChI is InChI=1S/C14H16N2O8S/c15-11(13(18)19)7-25-8-12(17)14(20)23-5-9-1-3-10(4-2-9)6-24-16(21)22/h1-4,11H,5-8,15H2,(H,18,19)/t11-/m0/s1. The number of aliphatic carboxylic acids is 1. The number of ketones is 1. The van der Waals surface area contributed by atoms with Crippen LogP contribution in [0.3, 0.4) is 0 Å². The van der Waals surface area contributed by atoms with E-state index in [-0.39, 0.29) is 24.7 Å². The summed E-state index contributed by atoms with van der Waals surface area (Å²) in [6, 6.07) is 5.19. The topological polar surface area (TPSA) is 159 Å². The summed E-state index contributed by atoms with van der Waals surface area (Å²) in [4.78, 5) is 47.9. The first-order valence-electron chi connectivity index (χ1n) is 6.90. The molecule has 3 N–H and O–H groups in total. The summed E-state index contributed by atoms with van der Waals surface area (Å²) in [7, 11) is 0. The predicted octanol–water partition coefficient (Wildman–Crippen LogP) is 0.152. The van der Waals surface area contributed by atoms with Crippen LogP contribution in [-0.4, -0.2) is 45.5 Å². The van der Waals surface area contributed by atoms with Crippen molar-refractivity contribution in [1.82, 2.24) is 0 Å². The number of esters is 1. The maximum atomic E-state index is 11.6. The van der Waals surface area contributed by atoms with Gasteiger partial charge in [0, 0.05) is 5.75 Å². The molecule has 0 aliphatic carbocycles. The van der Waals surface area contributed by atoms with Gasteiger partial charge in [-0.15, -0.1) is 10.1 Å². The van der Waals surface area contributed by atoms with Crippen LogP contribution in [0, 0.1) is 10.1 Å². The molecular weight excluding hydrogens is 356 g/mol. The maximum Gasteiger partial charge on any atom is 0.375 e. The highest BCUT2D eigenvalue weighted by Crippen LogP contribution is 2.08. The molecule has 0 aliphatic heterocycles. The Balaban J connectivity index is 2.34. The van der Waals surface area contributed by atoms with Crippen molar-refractivity contribution in [2.24, 2.45) is 5.73 Å². The smallest absolute Gasteiger partial charge is 0.375 e. The van der Waals surface area contributed by atoms with Crippen LogP contribution in [0.15, 0.2) is 24.3 Å². The van der Waals surface area contributed by atoms with Gasteiger partial charge >= 0.3 is 11.9 Å². The fraction of sp³-hybridized carbons (Fsp3) is 0.357. The molecule has 1 atom stereocenters. The summed E-state index contributed by atoms with van der Waals surface area (Å²) < 4.78 is 4.84. The van der Waals surface area contributed by atoms with Crippen molar-refractivity contribution < 1.29 is 34.2 Å². The minimum absolute atomic E-state index is 0.00202. The lowest BCUT2D eigenvalue weighted by Gasteiger charge is -2.07. The molecule has 0 fully saturated rings. The predicted molar refractivity (Wildman–Crippen MR) is 86.0 cm³/mol. The molecule has 0 saturated carbocycles. The zero-order valence-electron chi connectivity index (χ0n) is 13.0. The molecule has 11 heteroatoms. The normalized spacial score (nSPS) is 11.4. The molecule has 0 unspecified atom stereocenters. The van der Waals surface area contributed by atoms with Crippen LogP contribution < -0.4 is 5.73 Å². The van der Waals surface area contributed by atoms with E-state index in [1.165, 1.54) is 0 Å². The minimum atomic E-state index is -1.19. The van der Waals surface area contributed by atoms with E-state index in [0.29, 0.717) is 11.1 Å². The molecule has 0 radical (unpaired) electrons. The molecule has 0 saturated heterocycles. The van der Waals surface area contributed by atoms with Crippen molar-refractivity contribution in [2.75, 3.05) is 11.5 Å². The monoisotopic (exact) mass is 372 g/mol. The van der Waals surface area contributed by atoms with Gasteiger partial charge < -0.3 is 20.4 Å². The van der Waals surface area contributed by atoms with Crippen LogP contribution in [-0.2, 0) is 37.2 Å². The highest BCUT2D eigenvalue weighted by molar-refractivity contribution is 8.00. The van der Waals surface area contributed by atoms with E-state index in [0.717, 1.165) is 11.8 Å². The first kappa shape index (κ1) is 20.4. The third-order valence-electron chi connectivity index (χ3n) is 2.80. The molecule has 0 amide bonds. The zero-order chi connectivity index (χ0) is 18.8. The van der Waals surface area contributed by atoms with Crippen LogP contribution in [0.4, 0.5) is 0 Å². The number of carboxylic acid groups (broad SMARTS) is 1. The fourth-order valence-electron chi connectivity index (χ4n) is 1.50. The average Bonchev–Trinajstić information content (AvgIpc) is 2.58. The molecule has 10 nitrogen and oxygen atoms in total. The van der Waals surface area contributed by atoms with Gasteiger partial charge in [-0.25, -0.2) is 4.79 Å². The fourth-order valence-corrected chi connectivity index (χ4v) is 2.31. The maximum absolute atomic E-state index is 11.6. The van der Waals surface area contributed by atoms with E-state index >= 15 is 0 Å². The third kappa shape index (κ3) is 8.13. The largest absolute Gasteiger partial charge is 0.480 e. The second-order valence-corrected chi connectivity index (χ2v) is 5.80. The Bertz CT molecular complexity index is 634. The highest BCUT2D eigenvalue weighted by Gasteiger charge is 2.18. The number of carbonyl (C=O) groups is 3. The van der Waals surface area contributed by atoms with Gasteiger partial charge in [0.15, 0.2) is 0 Å².